The molecule has 0 spiro atoms. The number of nitrogens with one attached hydrogen (secondary N) is 2. The van der Waals surface area contributed by atoms with Gasteiger partial charge in [0, 0.05) is 42.5 Å². The lowest BCUT2D eigenvalue weighted by Crippen LogP contribution is -2.33. The molecule has 1 aliphatic rings. The van der Waals surface area contributed by atoms with Crippen molar-refractivity contribution in [3.63, 3.8) is 0 Å². The molecule has 0 radical (unpaired) electrons. The molecular formula is C18H20ClFN6O2S. The van der Waals surface area contributed by atoms with E-state index >= 15 is 0 Å². The number of rotatable bonds is 6. The number of pyridine rings is 1. The van der Waals surface area contributed by atoms with Crippen molar-refractivity contribution in [1.82, 2.24) is 24.2 Å². The van der Waals surface area contributed by atoms with Crippen LogP contribution in [0.1, 0.15) is 19.8 Å². The monoisotopic (exact) mass is 438 g/mol. The lowest BCUT2D eigenvalue weighted by molar-refractivity contribution is 0.473. The van der Waals surface area contributed by atoms with Crippen molar-refractivity contribution in [2.45, 2.75) is 25.8 Å². The average Bonchev–Trinajstić information content (AvgIpc) is 3.31. The molecule has 11 heteroatoms. The summed E-state index contributed by atoms with van der Waals surface area (Å²) in [6.45, 7) is 2.52. The van der Waals surface area contributed by atoms with Crippen LogP contribution in [0.5, 0.6) is 0 Å². The molecule has 8 nitrogen and oxygen atoms in total. The molecule has 29 heavy (non-hydrogen) atoms. The van der Waals surface area contributed by atoms with Crippen molar-refractivity contribution in [3.05, 3.63) is 35.5 Å². The molecule has 1 saturated heterocycles. The number of anilines is 1. The highest BCUT2D eigenvalue weighted by atomic mass is 35.5. The Morgan fingerprint density at radius 1 is 1.38 bits per heavy atom. The Labute approximate surface area is 172 Å². The molecular weight excluding hydrogens is 419 g/mol. The highest BCUT2D eigenvalue weighted by Gasteiger charge is 2.31. The van der Waals surface area contributed by atoms with Gasteiger partial charge in [-0.3, -0.25) is 0 Å². The van der Waals surface area contributed by atoms with Crippen LogP contribution in [0.2, 0.25) is 5.02 Å². The summed E-state index contributed by atoms with van der Waals surface area (Å²) < 4.78 is 40.3. The Morgan fingerprint density at radius 2 is 2.21 bits per heavy atom. The van der Waals surface area contributed by atoms with Crippen LogP contribution >= 0.6 is 11.6 Å². The summed E-state index contributed by atoms with van der Waals surface area (Å²) in [6, 6.07) is 1.51. The third-order valence-corrected chi connectivity index (χ3v) is 7.08. The first-order valence-corrected chi connectivity index (χ1v) is 11.3. The fraction of sp³-hybridized carbons (Fsp3) is 0.389. The van der Waals surface area contributed by atoms with E-state index in [4.69, 9.17) is 11.6 Å². The Bertz CT molecular complexity index is 1150. The molecule has 1 aliphatic heterocycles. The second-order valence-electron chi connectivity index (χ2n) is 6.95. The Balaban J connectivity index is 1.57. The topological polar surface area (TPSA) is 104 Å². The van der Waals surface area contributed by atoms with Crippen LogP contribution in [0.3, 0.4) is 0 Å². The standard InChI is InChI=1S/C18H20ClFN6O2S/c1-2-5-29(27,28)26-4-3-12(10-26)24-18-15(20)9-23-17(25-18)14-8-22-16-13(14)6-11(19)7-21-16/h6-9,12H,2-5,10H2,1H3,(H,21,22)(H,23,24,25)/t12-/m0/s1. The van der Waals surface area contributed by atoms with Crippen LogP contribution in [0.4, 0.5) is 10.2 Å². The summed E-state index contributed by atoms with van der Waals surface area (Å²) in [4.78, 5) is 15.6. The van der Waals surface area contributed by atoms with E-state index in [1.165, 1.54) is 10.5 Å². The van der Waals surface area contributed by atoms with Crippen molar-refractivity contribution in [1.29, 1.82) is 0 Å². The smallest absolute Gasteiger partial charge is 0.214 e. The molecule has 0 aliphatic carbocycles. The maximum Gasteiger partial charge on any atom is 0.214 e. The SMILES string of the molecule is CCCS(=O)(=O)N1CC[C@H](Nc2nc(-c3c[nH]c4ncc(Cl)cc34)ncc2F)C1. The number of hydrogen-bond acceptors (Lipinski definition) is 6. The maximum absolute atomic E-state index is 14.3. The predicted octanol–water partition coefficient (Wildman–Crippen LogP) is 3.04. The van der Waals surface area contributed by atoms with Gasteiger partial charge in [0.15, 0.2) is 17.5 Å². The zero-order chi connectivity index (χ0) is 20.6. The molecule has 0 amide bonds. The molecule has 3 aromatic rings. The second kappa shape index (κ2) is 7.85. The van der Waals surface area contributed by atoms with Crippen LogP contribution in [0.25, 0.3) is 22.4 Å². The molecule has 154 valence electrons. The fourth-order valence-electron chi connectivity index (χ4n) is 3.44. The molecule has 4 rings (SSSR count). The lowest BCUT2D eigenvalue weighted by atomic mass is 10.2. The quantitative estimate of drug-likeness (QED) is 0.613. The minimum absolute atomic E-state index is 0.0408. The Morgan fingerprint density at radius 3 is 3.00 bits per heavy atom. The normalized spacial score (nSPS) is 17.8. The highest BCUT2D eigenvalue weighted by Crippen LogP contribution is 2.28. The van der Waals surface area contributed by atoms with Gasteiger partial charge in [-0.15, -0.1) is 0 Å². The van der Waals surface area contributed by atoms with Gasteiger partial charge >= 0.3 is 0 Å². The molecule has 3 aromatic heterocycles. The van der Waals surface area contributed by atoms with Crippen LogP contribution in [-0.4, -0.2) is 57.5 Å². The van der Waals surface area contributed by atoms with Crippen LogP contribution in [0.15, 0.2) is 24.7 Å². The van der Waals surface area contributed by atoms with Crippen LogP contribution in [0, 0.1) is 5.82 Å². The van der Waals surface area contributed by atoms with Gasteiger partial charge in [0.1, 0.15) is 5.65 Å². The number of fused-ring (bicyclic) bond motifs is 1. The highest BCUT2D eigenvalue weighted by molar-refractivity contribution is 7.89. The minimum atomic E-state index is -3.27. The summed E-state index contributed by atoms with van der Waals surface area (Å²) in [7, 11) is -3.27. The third-order valence-electron chi connectivity index (χ3n) is 4.83. The molecule has 2 N–H and O–H groups in total. The predicted molar refractivity (Wildman–Crippen MR) is 110 cm³/mol. The van der Waals surface area contributed by atoms with E-state index in [9.17, 15) is 12.8 Å². The number of sulfonamides is 1. The lowest BCUT2D eigenvalue weighted by Gasteiger charge is -2.17. The molecule has 1 fully saturated rings. The third kappa shape index (κ3) is 4.05. The van der Waals surface area contributed by atoms with Gasteiger partial charge < -0.3 is 10.3 Å². The van der Waals surface area contributed by atoms with Crippen molar-refractivity contribution < 1.29 is 12.8 Å². The summed E-state index contributed by atoms with van der Waals surface area (Å²) in [5.74, 6) is -0.125. The number of aromatic nitrogens is 4. The molecule has 1 atom stereocenters. The largest absolute Gasteiger partial charge is 0.363 e. The van der Waals surface area contributed by atoms with E-state index in [0.29, 0.717) is 41.4 Å². The van der Waals surface area contributed by atoms with Crippen molar-refractivity contribution in [3.8, 4) is 11.4 Å². The van der Waals surface area contributed by atoms with Gasteiger partial charge in [-0.1, -0.05) is 18.5 Å². The van der Waals surface area contributed by atoms with E-state index < -0.39 is 15.8 Å². The number of hydrogen-bond donors (Lipinski definition) is 2. The van der Waals surface area contributed by atoms with Gasteiger partial charge in [0.05, 0.1) is 17.0 Å². The number of nitrogens with zero attached hydrogens (tertiary/aromatic N) is 4. The summed E-state index contributed by atoms with van der Waals surface area (Å²) in [6.07, 6.45) is 5.46. The van der Waals surface area contributed by atoms with Gasteiger partial charge in [0.2, 0.25) is 10.0 Å². The summed E-state index contributed by atoms with van der Waals surface area (Å²) in [5, 5.41) is 4.23. The minimum Gasteiger partial charge on any atom is -0.363 e. The van der Waals surface area contributed by atoms with Gasteiger partial charge in [-0.2, -0.15) is 4.31 Å². The van der Waals surface area contributed by atoms with Crippen molar-refractivity contribution in [2.75, 3.05) is 24.2 Å². The fourth-order valence-corrected chi connectivity index (χ4v) is 5.16. The maximum atomic E-state index is 14.3. The van der Waals surface area contributed by atoms with Gasteiger partial charge in [-0.05, 0) is 18.9 Å². The molecule has 0 bridgehead atoms. The first kappa shape index (κ1) is 20.0. The van der Waals surface area contributed by atoms with E-state index in [1.807, 2.05) is 6.92 Å². The van der Waals surface area contributed by atoms with Crippen molar-refractivity contribution >= 4 is 38.5 Å². The molecule has 0 saturated carbocycles. The van der Waals surface area contributed by atoms with Crippen LogP contribution in [-0.2, 0) is 10.0 Å². The first-order chi connectivity index (χ1) is 13.9. The number of aromatic amines is 1. The summed E-state index contributed by atoms with van der Waals surface area (Å²) >= 11 is 6.03. The van der Waals surface area contributed by atoms with Crippen LogP contribution < -0.4 is 5.32 Å². The van der Waals surface area contributed by atoms with Crippen molar-refractivity contribution in [2.24, 2.45) is 0 Å². The Hall–Kier alpha value is -2.30. The van der Waals surface area contributed by atoms with Gasteiger partial charge in [-0.25, -0.2) is 27.8 Å². The molecule has 4 heterocycles. The second-order valence-corrected chi connectivity index (χ2v) is 9.47. The van der Waals surface area contributed by atoms with E-state index in [1.54, 1.807) is 12.3 Å². The number of H-pyrrole nitrogens is 1. The average molecular weight is 439 g/mol. The van der Waals surface area contributed by atoms with E-state index in [-0.39, 0.29) is 24.2 Å². The zero-order valence-electron chi connectivity index (χ0n) is 15.7. The zero-order valence-corrected chi connectivity index (χ0v) is 17.3. The Kier molecular flexibility index (Phi) is 5.41. The van der Waals surface area contributed by atoms with E-state index in [2.05, 4.69) is 25.3 Å². The van der Waals surface area contributed by atoms with E-state index in [0.717, 1.165) is 11.6 Å². The number of halogens is 2. The summed E-state index contributed by atoms with van der Waals surface area (Å²) in [5.41, 5.74) is 1.27. The molecule has 0 unspecified atom stereocenters. The first-order valence-electron chi connectivity index (χ1n) is 9.27. The molecule has 0 aromatic carbocycles. The van der Waals surface area contributed by atoms with Gasteiger partial charge in [0.25, 0.3) is 0 Å².